The SMILES string of the molecule is CC(CBr)CNC(=O)c1ccc(OC(F)F)cc1. The third kappa shape index (κ3) is 5.00. The highest BCUT2D eigenvalue weighted by Crippen LogP contribution is 2.14. The second-order valence-corrected chi connectivity index (χ2v) is 4.52. The molecule has 100 valence electrons. The summed E-state index contributed by atoms with van der Waals surface area (Å²) in [7, 11) is 0. The van der Waals surface area contributed by atoms with Crippen LogP contribution < -0.4 is 10.1 Å². The molecule has 1 N–H and O–H groups in total. The minimum Gasteiger partial charge on any atom is -0.435 e. The van der Waals surface area contributed by atoms with Gasteiger partial charge in [0, 0.05) is 17.4 Å². The van der Waals surface area contributed by atoms with Crippen LogP contribution >= 0.6 is 15.9 Å². The molecular formula is C12H14BrF2NO2. The van der Waals surface area contributed by atoms with Crippen LogP contribution in [-0.4, -0.2) is 24.4 Å². The van der Waals surface area contributed by atoms with Crippen molar-refractivity contribution in [1.29, 1.82) is 0 Å². The number of nitrogens with one attached hydrogen (secondary N) is 1. The second-order valence-electron chi connectivity index (χ2n) is 3.87. The van der Waals surface area contributed by atoms with E-state index in [1.807, 2.05) is 6.92 Å². The molecule has 1 amide bonds. The van der Waals surface area contributed by atoms with E-state index in [0.29, 0.717) is 18.0 Å². The molecule has 1 unspecified atom stereocenters. The van der Waals surface area contributed by atoms with E-state index in [9.17, 15) is 13.6 Å². The van der Waals surface area contributed by atoms with Gasteiger partial charge in [-0.05, 0) is 30.2 Å². The first-order valence-electron chi connectivity index (χ1n) is 5.42. The molecule has 1 rings (SSSR count). The molecule has 0 radical (unpaired) electrons. The Morgan fingerprint density at radius 1 is 1.39 bits per heavy atom. The first-order valence-corrected chi connectivity index (χ1v) is 6.54. The molecule has 1 atom stereocenters. The summed E-state index contributed by atoms with van der Waals surface area (Å²) < 4.78 is 28.0. The highest BCUT2D eigenvalue weighted by molar-refractivity contribution is 9.09. The number of rotatable bonds is 6. The van der Waals surface area contributed by atoms with Crippen molar-refractivity contribution >= 4 is 21.8 Å². The Morgan fingerprint density at radius 3 is 2.50 bits per heavy atom. The van der Waals surface area contributed by atoms with E-state index in [0.717, 1.165) is 5.33 Å². The summed E-state index contributed by atoms with van der Waals surface area (Å²) in [6, 6.07) is 5.58. The van der Waals surface area contributed by atoms with E-state index in [-0.39, 0.29) is 11.7 Å². The first-order chi connectivity index (χ1) is 8.52. The van der Waals surface area contributed by atoms with Gasteiger partial charge in [0.25, 0.3) is 5.91 Å². The minimum atomic E-state index is -2.86. The molecule has 0 aliphatic heterocycles. The standard InChI is InChI=1S/C12H14BrF2NO2/c1-8(6-13)7-16-11(17)9-2-4-10(5-3-9)18-12(14)15/h2-5,8,12H,6-7H2,1H3,(H,16,17). The highest BCUT2D eigenvalue weighted by atomic mass is 79.9. The van der Waals surface area contributed by atoms with E-state index < -0.39 is 6.61 Å². The van der Waals surface area contributed by atoms with Crippen LogP contribution in [0.3, 0.4) is 0 Å². The number of amides is 1. The maximum absolute atomic E-state index is 11.9. The van der Waals surface area contributed by atoms with Gasteiger partial charge in [0.2, 0.25) is 0 Å². The number of hydrogen-bond acceptors (Lipinski definition) is 2. The average Bonchev–Trinajstić information content (AvgIpc) is 2.35. The van der Waals surface area contributed by atoms with Gasteiger partial charge in [-0.1, -0.05) is 22.9 Å². The van der Waals surface area contributed by atoms with Gasteiger partial charge in [-0.2, -0.15) is 8.78 Å². The molecule has 0 aromatic heterocycles. The van der Waals surface area contributed by atoms with Gasteiger partial charge in [0.05, 0.1) is 0 Å². The molecule has 0 fully saturated rings. The summed E-state index contributed by atoms with van der Waals surface area (Å²) in [6.07, 6.45) is 0. The molecule has 1 aromatic carbocycles. The van der Waals surface area contributed by atoms with Crippen LogP contribution in [0, 0.1) is 5.92 Å². The molecule has 0 saturated carbocycles. The summed E-state index contributed by atoms with van der Waals surface area (Å²) in [5.41, 5.74) is 0.415. The van der Waals surface area contributed by atoms with Gasteiger partial charge in [0.1, 0.15) is 5.75 Å². The van der Waals surface area contributed by atoms with Crippen LogP contribution in [0.5, 0.6) is 5.75 Å². The normalized spacial score (nSPS) is 12.3. The van der Waals surface area contributed by atoms with Crippen molar-refractivity contribution in [2.24, 2.45) is 5.92 Å². The highest BCUT2D eigenvalue weighted by Gasteiger charge is 2.08. The molecule has 0 bridgehead atoms. The fourth-order valence-electron chi connectivity index (χ4n) is 1.21. The molecule has 3 nitrogen and oxygen atoms in total. The summed E-state index contributed by atoms with van der Waals surface area (Å²) in [6.45, 7) is -0.307. The lowest BCUT2D eigenvalue weighted by atomic mass is 10.2. The van der Waals surface area contributed by atoms with Crippen LogP contribution in [0.2, 0.25) is 0 Å². The van der Waals surface area contributed by atoms with Crippen molar-refractivity contribution in [1.82, 2.24) is 5.32 Å². The molecule has 0 heterocycles. The predicted octanol–water partition coefficient (Wildman–Crippen LogP) is 3.05. The van der Waals surface area contributed by atoms with Crippen LogP contribution in [-0.2, 0) is 0 Å². The van der Waals surface area contributed by atoms with Crippen molar-refractivity contribution in [2.45, 2.75) is 13.5 Å². The number of halogens is 3. The monoisotopic (exact) mass is 321 g/mol. The number of hydrogen-bond donors (Lipinski definition) is 1. The van der Waals surface area contributed by atoms with Gasteiger partial charge in [-0.15, -0.1) is 0 Å². The average molecular weight is 322 g/mol. The van der Waals surface area contributed by atoms with Crippen molar-refractivity contribution in [2.75, 3.05) is 11.9 Å². The lowest BCUT2D eigenvalue weighted by Gasteiger charge is -2.10. The molecule has 18 heavy (non-hydrogen) atoms. The maximum Gasteiger partial charge on any atom is 0.387 e. The molecule has 0 aliphatic carbocycles. The number of ether oxygens (including phenoxy) is 1. The topological polar surface area (TPSA) is 38.3 Å². The zero-order valence-corrected chi connectivity index (χ0v) is 11.4. The quantitative estimate of drug-likeness (QED) is 0.818. The molecule has 0 aliphatic rings. The van der Waals surface area contributed by atoms with E-state index in [1.54, 1.807) is 0 Å². The Hall–Kier alpha value is -1.17. The predicted molar refractivity (Wildman–Crippen MR) is 68.4 cm³/mol. The second kappa shape index (κ2) is 7.31. The summed E-state index contributed by atoms with van der Waals surface area (Å²) in [5, 5.41) is 3.55. The van der Waals surface area contributed by atoms with Gasteiger partial charge >= 0.3 is 6.61 Å². The van der Waals surface area contributed by atoms with Crippen LogP contribution in [0.15, 0.2) is 24.3 Å². The molecule has 0 spiro atoms. The number of alkyl halides is 3. The number of carbonyl (C=O) groups excluding carboxylic acids is 1. The summed E-state index contributed by atoms with van der Waals surface area (Å²) >= 11 is 3.31. The lowest BCUT2D eigenvalue weighted by Crippen LogP contribution is -2.28. The van der Waals surface area contributed by atoms with Crippen molar-refractivity contribution < 1.29 is 18.3 Å². The van der Waals surface area contributed by atoms with E-state index in [4.69, 9.17) is 0 Å². The van der Waals surface area contributed by atoms with Crippen LogP contribution in [0.1, 0.15) is 17.3 Å². The van der Waals surface area contributed by atoms with Crippen molar-refractivity contribution in [3.05, 3.63) is 29.8 Å². The van der Waals surface area contributed by atoms with Crippen LogP contribution in [0.4, 0.5) is 8.78 Å². The van der Waals surface area contributed by atoms with Gasteiger partial charge in [0.15, 0.2) is 0 Å². The van der Waals surface area contributed by atoms with Gasteiger partial charge < -0.3 is 10.1 Å². The van der Waals surface area contributed by atoms with Crippen molar-refractivity contribution in [3.8, 4) is 5.75 Å². The number of carbonyl (C=O) groups is 1. The Kier molecular flexibility index (Phi) is 6.04. The summed E-state index contributed by atoms with van der Waals surface area (Å²) in [5.74, 6) is 0.136. The lowest BCUT2D eigenvalue weighted by molar-refractivity contribution is -0.0498. The molecule has 0 saturated heterocycles. The third-order valence-corrected chi connectivity index (χ3v) is 3.32. The van der Waals surface area contributed by atoms with E-state index >= 15 is 0 Å². The summed E-state index contributed by atoms with van der Waals surface area (Å²) in [4.78, 5) is 11.7. The van der Waals surface area contributed by atoms with Gasteiger partial charge in [-0.25, -0.2) is 0 Å². The minimum absolute atomic E-state index is 0.0374. The zero-order valence-electron chi connectivity index (χ0n) is 9.83. The Balaban J connectivity index is 2.53. The largest absolute Gasteiger partial charge is 0.435 e. The Morgan fingerprint density at radius 2 is 2.00 bits per heavy atom. The number of benzene rings is 1. The Bertz CT molecular complexity index is 384. The molecule has 6 heteroatoms. The fraction of sp³-hybridized carbons (Fsp3) is 0.417. The van der Waals surface area contributed by atoms with E-state index in [1.165, 1.54) is 24.3 Å². The third-order valence-electron chi connectivity index (χ3n) is 2.22. The maximum atomic E-state index is 11.9. The van der Waals surface area contributed by atoms with Gasteiger partial charge in [-0.3, -0.25) is 4.79 Å². The smallest absolute Gasteiger partial charge is 0.387 e. The zero-order chi connectivity index (χ0) is 13.5. The molecule has 1 aromatic rings. The first kappa shape index (κ1) is 14.9. The molecular weight excluding hydrogens is 308 g/mol. The Labute approximate surface area is 113 Å². The van der Waals surface area contributed by atoms with Crippen LogP contribution in [0.25, 0.3) is 0 Å². The fourth-order valence-corrected chi connectivity index (χ4v) is 1.44. The van der Waals surface area contributed by atoms with Crippen molar-refractivity contribution in [3.63, 3.8) is 0 Å². The van der Waals surface area contributed by atoms with E-state index in [2.05, 4.69) is 26.0 Å².